The fourth-order valence-corrected chi connectivity index (χ4v) is 4.27. The molecule has 2 aliphatic rings. The van der Waals surface area contributed by atoms with Gasteiger partial charge in [0.25, 0.3) is 0 Å². The van der Waals surface area contributed by atoms with Gasteiger partial charge < -0.3 is 18.9 Å². The molecule has 2 aliphatic heterocycles. The molecule has 3 rings (SSSR count). The molecule has 1 aromatic rings. The molecule has 2 heterocycles. The standard InChI is InChI=1S/C26H39BN2O4/c1-11-20-16-21(17-28-12-14-29(15-13-28)23(30)31-24(4,5)6)19(3)22(18(20)2)27-32-25(7,8)26(9,10)33-27/h1,16H,12-15,17H2,2-10H3. The van der Waals surface area contributed by atoms with Gasteiger partial charge in [0.05, 0.1) is 11.2 Å². The molecule has 0 unspecified atom stereocenters. The summed E-state index contributed by atoms with van der Waals surface area (Å²) in [5.41, 5.74) is 3.94. The molecular weight excluding hydrogens is 415 g/mol. The highest BCUT2D eigenvalue weighted by Gasteiger charge is 2.52. The Morgan fingerprint density at radius 2 is 1.64 bits per heavy atom. The van der Waals surface area contributed by atoms with E-state index in [1.807, 2.05) is 27.7 Å². The van der Waals surface area contributed by atoms with E-state index in [1.165, 1.54) is 5.56 Å². The second kappa shape index (κ2) is 8.98. The maximum Gasteiger partial charge on any atom is 0.495 e. The van der Waals surface area contributed by atoms with Crippen molar-refractivity contribution in [1.29, 1.82) is 0 Å². The number of piperazine rings is 1. The second-order valence-electron chi connectivity index (χ2n) is 11.2. The van der Waals surface area contributed by atoms with E-state index >= 15 is 0 Å². The van der Waals surface area contributed by atoms with E-state index in [9.17, 15) is 4.79 Å². The number of rotatable bonds is 3. The molecule has 6 nitrogen and oxygen atoms in total. The zero-order chi connectivity index (χ0) is 24.8. The molecular formula is C26H39BN2O4. The average Bonchev–Trinajstić information content (AvgIpc) is 2.90. The van der Waals surface area contributed by atoms with Crippen molar-refractivity contribution in [2.75, 3.05) is 26.2 Å². The van der Waals surface area contributed by atoms with Gasteiger partial charge in [0, 0.05) is 38.3 Å². The van der Waals surface area contributed by atoms with Gasteiger partial charge in [-0.15, -0.1) is 6.42 Å². The zero-order valence-electron chi connectivity index (χ0n) is 21.8. The summed E-state index contributed by atoms with van der Waals surface area (Å²) < 4.78 is 18.3. The third-order valence-electron chi connectivity index (χ3n) is 7.07. The van der Waals surface area contributed by atoms with Crippen molar-refractivity contribution in [2.24, 2.45) is 0 Å². The molecule has 2 fully saturated rings. The lowest BCUT2D eigenvalue weighted by Gasteiger charge is -2.36. The number of amides is 1. The predicted octanol–water partition coefficient (Wildman–Crippen LogP) is 3.64. The van der Waals surface area contributed by atoms with Gasteiger partial charge in [0.2, 0.25) is 0 Å². The monoisotopic (exact) mass is 454 g/mol. The molecule has 0 bridgehead atoms. The predicted molar refractivity (Wildman–Crippen MR) is 133 cm³/mol. The first-order valence-electron chi connectivity index (χ1n) is 11.8. The Kier molecular flexibility index (Phi) is 6.97. The summed E-state index contributed by atoms with van der Waals surface area (Å²) >= 11 is 0. The SMILES string of the molecule is C#Cc1cc(CN2CCN(C(=O)OC(C)(C)C)CC2)c(C)c(B2OC(C)(C)C(C)(C)O2)c1C. The number of nitrogens with zero attached hydrogens (tertiary/aromatic N) is 2. The Bertz CT molecular complexity index is 935. The minimum absolute atomic E-state index is 0.244. The van der Waals surface area contributed by atoms with Gasteiger partial charge in [-0.1, -0.05) is 5.92 Å². The van der Waals surface area contributed by atoms with Crippen molar-refractivity contribution in [2.45, 2.75) is 85.7 Å². The Hall–Kier alpha value is -2.01. The third kappa shape index (κ3) is 5.40. The highest BCUT2D eigenvalue weighted by atomic mass is 16.7. The number of benzene rings is 1. The molecule has 0 spiro atoms. The fourth-order valence-electron chi connectivity index (χ4n) is 4.27. The zero-order valence-corrected chi connectivity index (χ0v) is 21.8. The van der Waals surface area contributed by atoms with Crippen molar-refractivity contribution < 1.29 is 18.8 Å². The highest BCUT2D eigenvalue weighted by molar-refractivity contribution is 6.63. The third-order valence-corrected chi connectivity index (χ3v) is 7.07. The van der Waals surface area contributed by atoms with E-state index in [0.717, 1.165) is 41.8 Å². The Morgan fingerprint density at radius 1 is 1.09 bits per heavy atom. The number of carbonyl (C=O) groups excluding carboxylic acids is 1. The van der Waals surface area contributed by atoms with Crippen molar-refractivity contribution >= 4 is 18.7 Å². The molecule has 0 saturated carbocycles. The van der Waals surface area contributed by atoms with Gasteiger partial charge in [-0.3, -0.25) is 4.90 Å². The van der Waals surface area contributed by atoms with Gasteiger partial charge >= 0.3 is 13.2 Å². The maximum absolute atomic E-state index is 12.4. The Morgan fingerprint density at radius 3 is 2.12 bits per heavy atom. The van der Waals surface area contributed by atoms with Crippen LogP contribution in [0.15, 0.2) is 6.07 Å². The lowest BCUT2D eigenvalue weighted by molar-refractivity contribution is 0.00578. The number of carbonyl (C=O) groups is 1. The van der Waals surface area contributed by atoms with Crippen LogP contribution >= 0.6 is 0 Å². The fraction of sp³-hybridized carbons (Fsp3) is 0.654. The molecule has 1 aromatic carbocycles. The molecule has 7 heteroatoms. The largest absolute Gasteiger partial charge is 0.495 e. The summed E-state index contributed by atoms with van der Waals surface area (Å²) in [4.78, 5) is 16.5. The van der Waals surface area contributed by atoms with Gasteiger partial charge in [-0.2, -0.15) is 0 Å². The van der Waals surface area contributed by atoms with E-state index in [0.29, 0.717) is 13.1 Å². The minimum atomic E-state index is -0.483. The topological polar surface area (TPSA) is 51.2 Å². The summed E-state index contributed by atoms with van der Waals surface area (Å²) in [6.07, 6.45) is 5.63. The van der Waals surface area contributed by atoms with Crippen LogP contribution in [0.25, 0.3) is 0 Å². The van der Waals surface area contributed by atoms with Crippen LogP contribution in [0, 0.1) is 26.2 Å². The van der Waals surface area contributed by atoms with Crippen molar-refractivity contribution in [1.82, 2.24) is 9.80 Å². The maximum atomic E-state index is 12.4. The molecule has 1 amide bonds. The first kappa shape index (κ1) is 25.6. The van der Waals surface area contributed by atoms with Gasteiger partial charge in [-0.05, 0) is 90.5 Å². The van der Waals surface area contributed by atoms with Crippen molar-refractivity contribution in [3.05, 3.63) is 28.3 Å². The Labute approximate surface area is 200 Å². The van der Waals surface area contributed by atoms with Crippen LogP contribution in [-0.4, -0.2) is 66.0 Å². The van der Waals surface area contributed by atoms with Crippen LogP contribution in [0.3, 0.4) is 0 Å². The van der Waals surface area contributed by atoms with Gasteiger partial charge in [0.1, 0.15) is 5.60 Å². The normalized spacial score (nSPS) is 20.6. The molecule has 0 aromatic heterocycles. The van der Waals surface area contributed by atoms with Gasteiger partial charge in [0.15, 0.2) is 0 Å². The molecule has 0 N–H and O–H groups in total. The average molecular weight is 454 g/mol. The van der Waals surface area contributed by atoms with Crippen molar-refractivity contribution in [3.63, 3.8) is 0 Å². The van der Waals surface area contributed by atoms with E-state index in [2.05, 4.69) is 51.5 Å². The van der Waals surface area contributed by atoms with Crippen molar-refractivity contribution in [3.8, 4) is 12.3 Å². The number of terminal acetylenes is 1. The lowest BCUT2D eigenvalue weighted by Crippen LogP contribution is -2.49. The number of hydrogen-bond acceptors (Lipinski definition) is 5. The quantitative estimate of drug-likeness (QED) is 0.516. The van der Waals surface area contributed by atoms with Crippen LogP contribution < -0.4 is 5.46 Å². The van der Waals surface area contributed by atoms with Crippen LogP contribution in [0.4, 0.5) is 4.79 Å². The van der Waals surface area contributed by atoms with E-state index in [-0.39, 0.29) is 6.09 Å². The van der Waals surface area contributed by atoms with Gasteiger partial charge in [-0.25, -0.2) is 4.79 Å². The highest BCUT2D eigenvalue weighted by Crippen LogP contribution is 2.37. The number of ether oxygens (including phenoxy) is 1. The molecule has 0 atom stereocenters. The first-order valence-corrected chi connectivity index (χ1v) is 11.8. The smallest absolute Gasteiger partial charge is 0.444 e. The van der Waals surface area contributed by atoms with Crippen LogP contribution in [0.2, 0.25) is 0 Å². The second-order valence-corrected chi connectivity index (χ2v) is 11.2. The first-order chi connectivity index (χ1) is 15.1. The Balaban J connectivity index is 1.78. The lowest BCUT2D eigenvalue weighted by atomic mass is 9.71. The van der Waals surface area contributed by atoms with Crippen LogP contribution in [0.5, 0.6) is 0 Å². The van der Waals surface area contributed by atoms with E-state index < -0.39 is 23.9 Å². The van der Waals surface area contributed by atoms with Crippen LogP contribution in [0.1, 0.15) is 70.7 Å². The molecule has 33 heavy (non-hydrogen) atoms. The van der Waals surface area contributed by atoms with E-state index in [1.54, 1.807) is 4.90 Å². The summed E-state index contributed by atoms with van der Waals surface area (Å²) in [5.74, 6) is 2.85. The van der Waals surface area contributed by atoms with Crippen LogP contribution in [-0.2, 0) is 20.6 Å². The summed E-state index contributed by atoms with van der Waals surface area (Å²) in [6.45, 7) is 21.7. The summed E-state index contributed by atoms with van der Waals surface area (Å²) in [7, 11) is -0.453. The molecule has 180 valence electrons. The molecule has 0 radical (unpaired) electrons. The summed E-state index contributed by atoms with van der Waals surface area (Å²) in [5, 5.41) is 0. The number of hydrogen-bond donors (Lipinski definition) is 0. The molecule has 2 saturated heterocycles. The molecule has 0 aliphatic carbocycles. The van der Waals surface area contributed by atoms with E-state index in [4.69, 9.17) is 20.5 Å². The minimum Gasteiger partial charge on any atom is -0.444 e. The summed E-state index contributed by atoms with van der Waals surface area (Å²) in [6, 6.07) is 2.11.